The van der Waals surface area contributed by atoms with Gasteiger partial charge in [0.15, 0.2) is 0 Å². The number of H-pyrrole nitrogens is 1. The number of phenols is 1. The van der Waals surface area contributed by atoms with E-state index >= 15 is 0 Å². The number of aromatic nitrogens is 5. The summed E-state index contributed by atoms with van der Waals surface area (Å²) in [6, 6.07) is 4.39. The fourth-order valence-electron chi connectivity index (χ4n) is 2.11. The molecule has 0 fully saturated rings. The summed E-state index contributed by atoms with van der Waals surface area (Å²) in [5.74, 6) is 1.33. The van der Waals surface area contributed by atoms with E-state index in [1.807, 2.05) is 0 Å². The monoisotopic (exact) mass is 313 g/mol. The predicted octanol–water partition coefficient (Wildman–Crippen LogP) is 0.0527. The zero-order valence-corrected chi connectivity index (χ0v) is 12.6. The van der Waals surface area contributed by atoms with Crippen molar-refractivity contribution in [3.8, 4) is 5.75 Å². The number of fused-ring (bicyclic) bond motifs is 1. The molecular weight excluding hydrogens is 298 g/mol. The van der Waals surface area contributed by atoms with Crippen LogP contribution >= 0.6 is 0 Å². The van der Waals surface area contributed by atoms with Gasteiger partial charge in [-0.15, -0.1) is 0 Å². The Labute approximate surface area is 130 Å². The average Bonchev–Trinajstić information content (AvgIpc) is 2.46. The maximum absolute atomic E-state index is 12.1. The zero-order chi connectivity index (χ0) is 16.6. The summed E-state index contributed by atoms with van der Waals surface area (Å²) in [7, 11) is 3.58. The van der Waals surface area contributed by atoms with Crippen LogP contribution < -0.4 is 16.2 Å². The summed E-state index contributed by atoms with van der Waals surface area (Å²) >= 11 is 0. The first-order chi connectivity index (χ1) is 10.9. The van der Waals surface area contributed by atoms with E-state index < -0.39 is 0 Å². The average molecular weight is 313 g/mol. The second-order valence-corrected chi connectivity index (χ2v) is 5.20. The van der Waals surface area contributed by atoms with E-state index in [4.69, 9.17) is 5.73 Å². The molecule has 0 saturated carbocycles. The van der Waals surface area contributed by atoms with Crippen LogP contribution in [0.4, 0.5) is 11.9 Å². The van der Waals surface area contributed by atoms with Crippen molar-refractivity contribution in [1.29, 1.82) is 0 Å². The number of hydrogen-bond donors (Lipinski definition) is 3. The van der Waals surface area contributed by atoms with Crippen LogP contribution in [0.15, 0.2) is 23.0 Å². The lowest BCUT2D eigenvalue weighted by Crippen LogP contribution is -2.17. The van der Waals surface area contributed by atoms with Gasteiger partial charge in [0.2, 0.25) is 11.9 Å². The Balaban J connectivity index is 2.03. The molecule has 118 valence electrons. The first-order valence-electron chi connectivity index (χ1n) is 6.82. The number of nitrogen functional groups attached to an aromatic ring is 1. The molecule has 0 unspecified atom stereocenters. The number of nitrogens with zero attached hydrogens (tertiary/aromatic N) is 5. The lowest BCUT2D eigenvalue weighted by Gasteiger charge is -2.11. The van der Waals surface area contributed by atoms with E-state index in [1.165, 1.54) is 18.2 Å². The van der Waals surface area contributed by atoms with Crippen molar-refractivity contribution in [3.05, 3.63) is 40.2 Å². The Hall–Kier alpha value is -3.23. The van der Waals surface area contributed by atoms with Gasteiger partial charge >= 0.3 is 0 Å². The van der Waals surface area contributed by atoms with Gasteiger partial charge in [0.05, 0.1) is 17.3 Å². The van der Waals surface area contributed by atoms with Crippen molar-refractivity contribution in [2.24, 2.45) is 0 Å². The van der Waals surface area contributed by atoms with Crippen molar-refractivity contribution in [2.75, 3.05) is 24.7 Å². The van der Waals surface area contributed by atoms with E-state index in [0.29, 0.717) is 28.5 Å². The Morgan fingerprint density at radius 2 is 2.00 bits per heavy atom. The Bertz CT molecular complexity index is 936. The number of nitrogens with two attached hydrogens (primary N) is 1. The quantitative estimate of drug-likeness (QED) is 0.617. The van der Waals surface area contributed by atoms with Gasteiger partial charge in [-0.3, -0.25) is 4.79 Å². The van der Waals surface area contributed by atoms with Gasteiger partial charge in [-0.05, 0) is 12.1 Å². The van der Waals surface area contributed by atoms with Crippen LogP contribution in [0.1, 0.15) is 11.6 Å². The van der Waals surface area contributed by atoms with Crippen molar-refractivity contribution in [2.45, 2.75) is 6.42 Å². The molecule has 2 aromatic heterocycles. The molecule has 3 rings (SSSR count). The smallest absolute Gasteiger partial charge is 0.258 e. The second kappa shape index (κ2) is 5.52. The highest BCUT2D eigenvalue weighted by Crippen LogP contribution is 2.15. The van der Waals surface area contributed by atoms with E-state index in [-0.39, 0.29) is 23.7 Å². The SMILES string of the molecule is CN(C)c1nc(N)nc(Cc2nc3cc(O)ccc3c(=O)[nH]2)n1. The van der Waals surface area contributed by atoms with E-state index in [1.54, 1.807) is 19.0 Å². The van der Waals surface area contributed by atoms with Crippen molar-refractivity contribution in [1.82, 2.24) is 24.9 Å². The molecule has 23 heavy (non-hydrogen) atoms. The number of phenolic OH excluding ortho intramolecular Hbond substituents is 1. The molecule has 4 N–H and O–H groups in total. The van der Waals surface area contributed by atoms with Gasteiger partial charge in [0, 0.05) is 20.2 Å². The number of benzene rings is 1. The number of hydrogen-bond acceptors (Lipinski definition) is 8. The number of aromatic hydroxyl groups is 1. The molecule has 3 aromatic rings. The molecule has 0 atom stereocenters. The van der Waals surface area contributed by atoms with Crippen molar-refractivity contribution < 1.29 is 5.11 Å². The van der Waals surface area contributed by atoms with Gasteiger partial charge in [-0.1, -0.05) is 0 Å². The molecule has 0 saturated heterocycles. The van der Waals surface area contributed by atoms with Gasteiger partial charge in [0.1, 0.15) is 17.4 Å². The molecule has 0 amide bonds. The molecule has 9 heteroatoms. The second-order valence-electron chi connectivity index (χ2n) is 5.20. The van der Waals surface area contributed by atoms with Crippen molar-refractivity contribution >= 4 is 22.8 Å². The van der Waals surface area contributed by atoms with Crippen LogP contribution in [0, 0.1) is 0 Å². The normalized spacial score (nSPS) is 10.9. The molecule has 1 aromatic carbocycles. The number of aromatic amines is 1. The molecule has 0 aliphatic heterocycles. The molecular formula is C14H15N7O2. The van der Waals surface area contributed by atoms with Gasteiger partial charge < -0.3 is 20.7 Å². The zero-order valence-electron chi connectivity index (χ0n) is 12.6. The van der Waals surface area contributed by atoms with Crippen LogP contribution in [-0.2, 0) is 6.42 Å². The number of nitrogens with one attached hydrogen (secondary N) is 1. The number of anilines is 2. The largest absolute Gasteiger partial charge is 0.508 e. The minimum atomic E-state index is -0.292. The van der Waals surface area contributed by atoms with Gasteiger partial charge in [-0.2, -0.15) is 15.0 Å². The third-order valence-electron chi connectivity index (χ3n) is 3.15. The van der Waals surface area contributed by atoms with E-state index in [0.717, 1.165) is 0 Å². The molecule has 0 aliphatic rings. The minimum Gasteiger partial charge on any atom is -0.508 e. The van der Waals surface area contributed by atoms with Crippen LogP contribution in [-0.4, -0.2) is 44.1 Å². The molecule has 2 heterocycles. The van der Waals surface area contributed by atoms with Crippen LogP contribution in [0.25, 0.3) is 10.9 Å². The molecule has 0 spiro atoms. The summed E-state index contributed by atoms with van der Waals surface area (Å²) in [4.78, 5) is 33.1. The first-order valence-corrected chi connectivity index (χ1v) is 6.82. The lowest BCUT2D eigenvalue weighted by molar-refractivity contribution is 0.476. The summed E-state index contributed by atoms with van der Waals surface area (Å²) in [5.41, 5.74) is 5.79. The third kappa shape index (κ3) is 3.03. The highest BCUT2D eigenvalue weighted by Gasteiger charge is 2.10. The highest BCUT2D eigenvalue weighted by atomic mass is 16.3. The Kier molecular flexibility index (Phi) is 3.53. The molecule has 0 aliphatic carbocycles. The van der Waals surface area contributed by atoms with Gasteiger partial charge in [-0.25, -0.2) is 4.98 Å². The third-order valence-corrected chi connectivity index (χ3v) is 3.15. The van der Waals surface area contributed by atoms with Crippen LogP contribution in [0.3, 0.4) is 0 Å². The summed E-state index contributed by atoms with van der Waals surface area (Å²) in [6.07, 6.45) is 0.189. The maximum atomic E-state index is 12.1. The van der Waals surface area contributed by atoms with Crippen LogP contribution in [0.5, 0.6) is 5.75 Å². The first kappa shape index (κ1) is 14.7. The van der Waals surface area contributed by atoms with E-state index in [2.05, 4.69) is 24.9 Å². The fourth-order valence-corrected chi connectivity index (χ4v) is 2.11. The highest BCUT2D eigenvalue weighted by molar-refractivity contribution is 5.78. The lowest BCUT2D eigenvalue weighted by atomic mass is 10.2. The summed E-state index contributed by atoms with van der Waals surface area (Å²) in [5, 5.41) is 9.93. The van der Waals surface area contributed by atoms with Gasteiger partial charge in [0.25, 0.3) is 5.56 Å². The molecule has 9 nitrogen and oxygen atoms in total. The predicted molar refractivity (Wildman–Crippen MR) is 85.4 cm³/mol. The minimum absolute atomic E-state index is 0.0425. The molecule has 0 radical (unpaired) electrons. The number of rotatable bonds is 3. The summed E-state index contributed by atoms with van der Waals surface area (Å²) in [6.45, 7) is 0. The van der Waals surface area contributed by atoms with E-state index in [9.17, 15) is 9.90 Å². The topological polar surface area (TPSA) is 134 Å². The fraction of sp³-hybridized carbons (Fsp3) is 0.214. The molecule has 0 bridgehead atoms. The van der Waals surface area contributed by atoms with Crippen molar-refractivity contribution in [3.63, 3.8) is 0 Å². The Morgan fingerprint density at radius 1 is 1.22 bits per heavy atom. The standard InChI is InChI=1S/C14H15N7O2/c1-21(2)14-19-11(18-13(15)20-14)6-10-16-9-5-7(22)3-4-8(9)12(23)17-10/h3-5,22H,6H2,1-2H3,(H,16,17,23)(H2,15,18,19,20). The van der Waals surface area contributed by atoms with Crippen LogP contribution in [0.2, 0.25) is 0 Å². The summed E-state index contributed by atoms with van der Waals surface area (Å²) < 4.78 is 0. The Morgan fingerprint density at radius 3 is 2.74 bits per heavy atom. The maximum Gasteiger partial charge on any atom is 0.258 e.